The van der Waals surface area contributed by atoms with Crippen molar-refractivity contribution >= 4 is 0 Å². The molecule has 1 aliphatic carbocycles. The van der Waals surface area contributed by atoms with Crippen molar-refractivity contribution in [3.8, 4) is 11.1 Å². The highest BCUT2D eigenvalue weighted by atomic mass is 14.2. The van der Waals surface area contributed by atoms with Crippen molar-refractivity contribution in [3.63, 3.8) is 0 Å². The topological polar surface area (TPSA) is 0 Å². The summed E-state index contributed by atoms with van der Waals surface area (Å²) < 4.78 is 0. The molecule has 0 saturated carbocycles. The lowest BCUT2D eigenvalue weighted by molar-refractivity contribution is 0.886. The highest BCUT2D eigenvalue weighted by molar-refractivity contribution is 5.76. The van der Waals surface area contributed by atoms with Crippen molar-refractivity contribution in [2.75, 3.05) is 0 Å². The molecule has 0 aliphatic heterocycles. The number of rotatable bonds is 1. The van der Waals surface area contributed by atoms with E-state index in [0.29, 0.717) is 0 Å². The summed E-state index contributed by atoms with van der Waals surface area (Å²) in [6.45, 7) is 8.36. The summed E-state index contributed by atoms with van der Waals surface area (Å²) in [5.74, 6) is 0. The third kappa shape index (κ3) is 6.47. The van der Waals surface area contributed by atoms with E-state index >= 15 is 0 Å². The minimum Gasteiger partial charge on any atom is -0.0776 e. The van der Waals surface area contributed by atoms with Crippen LogP contribution in [0.3, 0.4) is 0 Å². The number of hydrogen-bond acceptors (Lipinski definition) is 0. The summed E-state index contributed by atoms with van der Waals surface area (Å²) in [6, 6.07) is 17.3. The number of fused-ring (bicyclic) bond motifs is 3. The second kappa shape index (κ2) is 14.4. The van der Waals surface area contributed by atoms with E-state index in [1.54, 1.807) is 0 Å². The van der Waals surface area contributed by atoms with Crippen molar-refractivity contribution in [1.29, 1.82) is 0 Å². The Balaban J connectivity index is -0.000000358. The van der Waals surface area contributed by atoms with Gasteiger partial charge in [0, 0.05) is 0 Å². The molecule has 0 nitrogen and oxygen atoms in total. The second-order valence-electron chi connectivity index (χ2n) is 4.49. The molecule has 22 heavy (non-hydrogen) atoms. The molecule has 0 aromatic heterocycles. The summed E-state index contributed by atoms with van der Waals surface area (Å²) in [5, 5.41) is 0. The lowest BCUT2D eigenvalue weighted by atomic mass is 10.1. The van der Waals surface area contributed by atoms with Gasteiger partial charge in [0.25, 0.3) is 0 Å². The predicted octanol–water partition coefficient (Wildman–Crippen LogP) is 8.00. The van der Waals surface area contributed by atoms with E-state index in [1.807, 2.05) is 13.8 Å². The average molecular weight is 303 g/mol. The second-order valence-corrected chi connectivity index (χ2v) is 4.49. The summed E-state index contributed by atoms with van der Waals surface area (Å²) in [7, 11) is 0. The van der Waals surface area contributed by atoms with Gasteiger partial charge >= 0.3 is 0 Å². The number of benzene rings is 2. The van der Waals surface area contributed by atoms with Crippen LogP contribution in [0.1, 0.15) is 73.9 Å². The molecule has 0 unspecified atom stereocenters. The standard InChI is InChI=1S/C13H10.C4H10.C2H6.3CH4/c1-3-7-12-10(5-1)9-11-6-2-4-8-13(11)12;1-3-4-2;1-2;;;/h1-8H,9H2;3-4H2,1-2H3;1-2H3;3*1H4. The summed E-state index contributed by atoms with van der Waals surface area (Å²) in [5.41, 5.74) is 5.75. The average Bonchev–Trinajstić information content (AvgIpc) is 2.88. The quantitative estimate of drug-likeness (QED) is 0.427. The van der Waals surface area contributed by atoms with Crippen LogP contribution in [-0.2, 0) is 6.42 Å². The normalized spacial score (nSPS) is 8.91. The van der Waals surface area contributed by atoms with E-state index in [0.717, 1.165) is 6.42 Å². The number of hydrogen-bond donors (Lipinski definition) is 0. The molecular weight excluding hydrogens is 264 g/mol. The molecule has 0 saturated heterocycles. The van der Waals surface area contributed by atoms with E-state index in [2.05, 4.69) is 62.4 Å². The lowest BCUT2D eigenvalue weighted by Crippen LogP contribution is -1.77. The van der Waals surface area contributed by atoms with Crippen LogP contribution in [0.2, 0.25) is 0 Å². The van der Waals surface area contributed by atoms with Gasteiger partial charge in [0.2, 0.25) is 0 Å². The largest absolute Gasteiger partial charge is 0.0776 e. The van der Waals surface area contributed by atoms with Gasteiger partial charge < -0.3 is 0 Å². The van der Waals surface area contributed by atoms with E-state index < -0.39 is 0 Å². The van der Waals surface area contributed by atoms with Crippen molar-refractivity contribution in [1.82, 2.24) is 0 Å². The molecule has 0 heteroatoms. The van der Waals surface area contributed by atoms with E-state index in [-0.39, 0.29) is 22.3 Å². The lowest BCUT2D eigenvalue weighted by Gasteiger charge is -1.98. The zero-order valence-corrected chi connectivity index (χ0v) is 12.7. The first-order valence-electron chi connectivity index (χ1n) is 7.53. The van der Waals surface area contributed by atoms with Gasteiger partial charge in [0.05, 0.1) is 0 Å². The monoisotopic (exact) mass is 302 g/mol. The van der Waals surface area contributed by atoms with E-state index in [4.69, 9.17) is 0 Å². The maximum atomic E-state index is 2.22. The Kier molecular flexibility index (Phi) is 16.6. The Morgan fingerprint density at radius 3 is 1.27 bits per heavy atom. The summed E-state index contributed by atoms with van der Waals surface area (Å²) >= 11 is 0. The van der Waals surface area contributed by atoms with Gasteiger partial charge in [-0.2, -0.15) is 0 Å². The number of unbranched alkanes of at least 4 members (excludes halogenated alkanes) is 1. The SMILES string of the molecule is C.C.C.CC.CCCC.c1ccc2c(c1)Cc1ccccc1-2. The third-order valence-electron chi connectivity index (χ3n) is 3.21. The van der Waals surface area contributed by atoms with Gasteiger partial charge in [-0.1, -0.05) is 111 Å². The van der Waals surface area contributed by atoms with E-state index in [9.17, 15) is 0 Å². The first-order valence-corrected chi connectivity index (χ1v) is 7.53. The molecule has 0 atom stereocenters. The molecule has 3 rings (SSSR count). The van der Waals surface area contributed by atoms with Gasteiger partial charge in [0.15, 0.2) is 0 Å². The van der Waals surface area contributed by atoms with Crippen LogP contribution in [0.4, 0.5) is 0 Å². The molecule has 2 aromatic carbocycles. The maximum Gasteiger partial charge on any atom is -0.00135 e. The van der Waals surface area contributed by atoms with Gasteiger partial charge in [-0.25, -0.2) is 0 Å². The van der Waals surface area contributed by atoms with Gasteiger partial charge in [-0.05, 0) is 28.7 Å². The van der Waals surface area contributed by atoms with Crippen molar-refractivity contribution in [3.05, 3.63) is 59.7 Å². The smallest absolute Gasteiger partial charge is 0.00135 e. The highest BCUT2D eigenvalue weighted by Gasteiger charge is 2.15. The van der Waals surface area contributed by atoms with Crippen molar-refractivity contribution in [2.45, 2.75) is 69.2 Å². The minimum absolute atomic E-state index is 0. The molecule has 0 fully saturated rings. The predicted molar refractivity (Wildman–Crippen MR) is 107 cm³/mol. The first-order chi connectivity index (χ1) is 9.36. The van der Waals surface area contributed by atoms with Crippen LogP contribution in [-0.4, -0.2) is 0 Å². The summed E-state index contributed by atoms with van der Waals surface area (Å²) in [6.07, 6.45) is 3.74. The molecular formula is C22H38. The Hall–Kier alpha value is -1.56. The molecule has 0 amide bonds. The molecule has 0 spiro atoms. The van der Waals surface area contributed by atoms with Crippen LogP contribution >= 0.6 is 0 Å². The summed E-state index contributed by atoms with van der Waals surface area (Å²) in [4.78, 5) is 0. The fourth-order valence-corrected chi connectivity index (χ4v) is 2.08. The zero-order chi connectivity index (χ0) is 14.1. The molecule has 1 aliphatic rings. The molecule has 2 aromatic rings. The molecule has 0 radical (unpaired) electrons. The van der Waals surface area contributed by atoms with Crippen LogP contribution in [0.25, 0.3) is 11.1 Å². The minimum atomic E-state index is 0. The fraction of sp³-hybridized carbons (Fsp3) is 0.455. The van der Waals surface area contributed by atoms with Crippen molar-refractivity contribution in [2.24, 2.45) is 0 Å². The van der Waals surface area contributed by atoms with Crippen LogP contribution in [0, 0.1) is 0 Å². The molecule has 126 valence electrons. The first kappa shape index (κ1) is 25.4. The molecule has 0 bridgehead atoms. The van der Waals surface area contributed by atoms with Crippen molar-refractivity contribution < 1.29 is 0 Å². The maximum absolute atomic E-state index is 2.22. The zero-order valence-electron chi connectivity index (χ0n) is 12.7. The van der Waals surface area contributed by atoms with Gasteiger partial charge in [-0.15, -0.1) is 0 Å². The van der Waals surface area contributed by atoms with Crippen LogP contribution in [0.5, 0.6) is 0 Å². The van der Waals surface area contributed by atoms with Crippen LogP contribution < -0.4 is 0 Å². The molecule has 0 heterocycles. The Morgan fingerprint density at radius 2 is 0.955 bits per heavy atom. The van der Waals surface area contributed by atoms with Gasteiger partial charge in [0.1, 0.15) is 0 Å². The Bertz CT molecular complexity index is 437. The highest BCUT2D eigenvalue weighted by Crippen LogP contribution is 2.35. The Morgan fingerprint density at radius 1 is 0.636 bits per heavy atom. The fourth-order valence-electron chi connectivity index (χ4n) is 2.08. The Labute approximate surface area is 140 Å². The molecule has 0 N–H and O–H groups in total. The van der Waals surface area contributed by atoms with Crippen LogP contribution in [0.15, 0.2) is 48.5 Å². The van der Waals surface area contributed by atoms with Gasteiger partial charge in [-0.3, -0.25) is 0 Å². The van der Waals surface area contributed by atoms with E-state index in [1.165, 1.54) is 35.1 Å². The third-order valence-corrected chi connectivity index (χ3v) is 3.21.